The van der Waals surface area contributed by atoms with Crippen molar-refractivity contribution in [2.24, 2.45) is 0 Å². The summed E-state index contributed by atoms with van der Waals surface area (Å²) in [5.41, 5.74) is 2.06. The van der Waals surface area contributed by atoms with Crippen LogP contribution in [-0.2, 0) is 0 Å². The highest BCUT2D eigenvalue weighted by molar-refractivity contribution is 5.69. The molecule has 1 saturated heterocycles. The third-order valence-electron chi connectivity index (χ3n) is 3.91. The van der Waals surface area contributed by atoms with Gasteiger partial charge in [0.25, 0.3) is 0 Å². The quantitative estimate of drug-likeness (QED) is 0.707. The number of fused-ring (bicyclic) bond motifs is 1. The molecule has 0 bridgehead atoms. The lowest BCUT2D eigenvalue weighted by atomic mass is 10.3. The lowest BCUT2D eigenvalue weighted by molar-refractivity contribution is 0.634. The first-order valence-electron chi connectivity index (χ1n) is 7.39. The number of piperazine rings is 1. The highest BCUT2D eigenvalue weighted by Gasteiger charge is 2.21. The highest BCUT2D eigenvalue weighted by Crippen LogP contribution is 2.21. The maximum absolute atomic E-state index is 4.56. The molecule has 0 spiro atoms. The lowest BCUT2D eigenvalue weighted by Crippen LogP contribution is -2.47. The minimum Gasteiger partial charge on any atom is -0.351 e. The molecule has 4 heterocycles. The summed E-state index contributed by atoms with van der Waals surface area (Å²) in [5, 5.41) is 4.45. The Bertz CT molecular complexity index is 775. The molecule has 22 heavy (non-hydrogen) atoms. The summed E-state index contributed by atoms with van der Waals surface area (Å²) in [5.74, 6) is 1.80. The summed E-state index contributed by atoms with van der Waals surface area (Å²) in [7, 11) is 0. The Labute approximate surface area is 128 Å². The summed E-state index contributed by atoms with van der Waals surface area (Å²) in [6.07, 6.45) is 7.26. The first-order chi connectivity index (χ1) is 10.8. The van der Waals surface area contributed by atoms with E-state index in [-0.39, 0.29) is 0 Å². The molecule has 3 aromatic rings. The van der Waals surface area contributed by atoms with Gasteiger partial charge in [-0.3, -0.25) is 0 Å². The average molecular weight is 295 g/mol. The SMILES string of the molecule is Cc1cc2c(N3CCN(c4ncccn4)CC3)nccn2n1. The van der Waals surface area contributed by atoms with Gasteiger partial charge in [-0.1, -0.05) is 0 Å². The molecule has 0 unspecified atom stereocenters. The summed E-state index contributed by atoms with van der Waals surface area (Å²) in [6, 6.07) is 3.92. The first kappa shape index (κ1) is 13.0. The van der Waals surface area contributed by atoms with Crippen LogP contribution >= 0.6 is 0 Å². The Morgan fingerprint density at radius 1 is 0.909 bits per heavy atom. The fourth-order valence-electron chi connectivity index (χ4n) is 2.85. The van der Waals surface area contributed by atoms with E-state index in [1.807, 2.05) is 23.7 Å². The molecule has 0 aromatic carbocycles. The van der Waals surface area contributed by atoms with Gasteiger partial charge in [0.2, 0.25) is 5.95 Å². The van der Waals surface area contributed by atoms with E-state index in [1.165, 1.54) is 0 Å². The van der Waals surface area contributed by atoms with Crippen molar-refractivity contribution in [1.29, 1.82) is 0 Å². The molecule has 0 atom stereocenters. The third kappa shape index (κ3) is 2.24. The fraction of sp³-hybridized carbons (Fsp3) is 0.333. The van der Waals surface area contributed by atoms with Crippen LogP contribution in [0.25, 0.3) is 5.52 Å². The van der Waals surface area contributed by atoms with Gasteiger partial charge in [0.15, 0.2) is 5.82 Å². The van der Waals surface area contributed by atoms with Crippen LogP contribution in [0.15, 0.2) is 36.9 Å². The van der Waals surface area contributed by atoms with E-state index in [4.69, 9.17) is 0 Å². The van der Waals surface area contributed by atoms with Gasteiger partial charge in [-0.25, -0.2) is 19.5 Å². The topological polar surface area (TPSA) is 62.5 Å². The van der Waals surface area contributed by atoms with Crippen LogP contribution < -0.4 is 9.80 Å². The summed E-state index contributed by atoms with van der Waals surface area (Å²) in [4.78, 5) is 17.7. The molecular formula is C15H17N7. The Balaban J connectivity index is 1.56. The number of aryl methyl sites for hydroxylation is 1. The van der Waals surface area contributed by atoms with Gasteiger partial charge in [0, 0.05) is 51.0 Å². The number of nitrogens with zero attached hydrogens (tertiary/aromatic N) is 7. The Morgan fingerprint density at radius 3 is 2.41 bits per heavy atom. The van der Waals surface area contributed by atoms with Crippen molar-refractivity contribution in [3.63, 3.8) is 0 Å². The second kappa shape index (κ2) is 5.25. The van der Waals surface area contributed by atoms with Crippen LogP contribution in [0.2, 0.25) is 0 Å². The molecule has 7 heteroatoms. The smallest absolute Gasteiger partial charge is 0.225 e. The Morgan fingerprint density at radius 2 is 1.64 bits per heavy atom. The molecule has 3 aromatic heterocycles. The van der Waals surface area contributed by atoms with Crippen molar-refractivity contribution in [3.05, 3.63) is 42.6 Å². The molecule has 0 radical (unpaired) electrons. The number of hydrogen-bond acceptors (Lipinski definition) is 6. The molecule has 0 saturated carbocycles. The molecule has 0 N–H and O–H groups in total. The van der Waals surface area contributed by atoms with Gasteiger partial charge in [-0.05, 0) is 19.1 Å². The van der Waals surface area contributed by atoms with Crippen molar-refractivity contribution in [2.45, 2.75) is 6.92 Å². The molecule has 0 aliphatic carbocycles. The molecule has 112 valence electrons. The van der Waals surface area contributed by atoms with Crippen molar-refractivity contribution >= 4 is 17.3 Å². The summed E-state index contributed by atoms with van der Waals surface area (Å²) >= 11 is 0. The van der Waals surface area contributed by atoms with Crippen LogP contribution in [0.5, 0.6) is 0 Å². The van der Waals surface area contributed by atoms with Gasteiger partial charge < -0.3 is 9.80 Å². The van der Waals surface area contributed by atoms with Crippen LogP contribution in [-0.4, -0.2) is 50.7 Å². The highest BCUT2D eigenvalue weighted by atomic mass is 15.3. The maximum atomic E-state index is 4.56. The molecule has 4 rings (SSSR count). The van der Waals surface area contributed by atoms with E-state index in [0.29, 0.717) is 0 Å². The predicted octanol–water partition coefficient (Wildman–Crippen LogP) is 1.15. The minimum absolute atomic E-state index is 0.800. The van der Waals surface area contributed by atoms with Gasteiger partial charge in [-0.2, -0.15) is 5.10 Å². The normalized spacial score (nSPS) is 15.5. The molecule has 1 fully saturated rings. The summed E-state index contributed by atoms with van der Waals surface area (Å²) < 4.78 is 1.89. The van der Waals surface area contributed by atoms with Gasteiger partial charge in [-0.15, -0.1) is 0 Å². The molecule has 7 nitrogen and oxygen atoms in total. The third-order valence-corrected chi connectivity index (χ3v) is 3.91. The van der Waals surface area contributed by atoms with E-state index in [1.54, 1.807) is 18.6 Å². The van der Waals surface area contributed by atoms with Gasteiger partial charge in [0.05, 0.1) is 5.69 Å². The van der Waals surface area contributed by atoms with E-state index >= 15 is 0 Å². The van der Waals surface area contributed by atoms with Crippen molar-refractivity contribution < 1.29 is 0 Å². The summed E-state index contributed by atoms with van der Waals surface area (Å²) in [6.45, 7) is 5.57. The zero-order valence-corrected chi connectivity index (χ0v) is 12.4. The van der Waals surface area contributed by atoms with Crippen LogP contribution in [0.1, 0.15) is 5.69 Å². The van der Waals surface area contributed by atoms with Gasteiger partial charge in [0.1, 0.15) is 5.52 Å². The molecule has 1 aliphatic heterocycles. The van der Waals surface area contributed by atoms with Gasteiger partial charge >= 0.3 is 0 Å². The largest absolute Gasteiger partial charge is 0.351 e. The standard InChI is InChI=1S/C15H17N7/c1-12-11-13-14(16-5-6-22(13)19-12)20-7-9-21(10-8-20)15-17-3-2-4-18-15/h2-6,11H,7-10H2,1H3. The van der Waals surface area contributed by atoms with Crippen molar-refractivity contribution in [2.75, 3.05) is 36.0 Å². The van der Waals surface area contributed by atoms with Crippen LogP contribution in [0.4, 0.5) is 11.8 Å². The first-order valence-corrected chi connectivity index (χ1v) is 7.39. The number of anilines is 2. The average Bonchev–Trinajstić information content (AvgIpc) is 2.96. The monoisotopic (exact) mass is 295 g/mol. The second-order valence-electron chi connectivity index (χ2n) is 5.39. The Kier molecular flexibility index (Phi) is 3.10. The van der Waals surface area contributed by atoms with Crippen LogP contribution in [0, 0.1) is 6.92 Å². The minimum atomic E-state index is 0.800. The number of aromatic nitrogens is 5. The van der Waals surface area contributed by atoms with Crippen LogP contribution in [0.3, 0.4) is 0 Å². The fourth-order valence-corrected chi connectivity index (χ4v) is 2.85. The molecular weight excluding hydrogens is 278 g/mol. The zero-order chi connectivity index (χ0) is 14.9. The van der Waals surface area contributed by atoms with E-state index in [9.17, 15) is 0 Å². The lowest BCUT2D eigenvalue weighted by Gasteiger charge is -2.35. The molecule has 1 aliphatic rings. The van der Waals surface area contributed by atoms with Crippen molar-refractivity contribution in [1.82, 2.24) is 24.6 Å². The zero-order valence-electron chi connectivity index (χ0n) is 12.4. The van der Waals surface area contributed by atoms with E-state index in [2.05, 4.69) is 35.9 Å². The Hall–Kier alpha value is -2.70. The van der Waals surface area contributed by atoms with E-state index in [0.717, 1.165) is 49.2 Å². The van der Waals surface area contributed by atoms with E-state index < -0.39 is 0 Å². The second-order valence-corrected chi connectivity index (χ2v) is 5.39. The predicted molar refractivity (Wildman–Crippen MR) is 84.2 cm³/mol. The van der Waals surface area contributed by atoms with Crippen molar-refractivity contribution in [3.8, 4) is 0 Å². The number of hydrogen-bond donors (Lipinski definition) is 0. The number of rotatable bonds is 2. The maximum Gasteiger partial charge on any atom is 0.225 e. The molecule has 0 amide bonds.